The van der Waals surface area contributed by atoms with Crippen molar-refractivity contribution in [3.63, 3.8) is 0 Å². The maximum Gasteiger partial charge on any atom is 0.303 e. The summed E-state index contributed by atoms with van der Waals surface area (Å²) in [7, 11) is 0. The number of carboxylic acids is 1. The second kappa shape index (κ2) is 12.3. The molecule has 0 spiro atoms. The Morgan fingerprint density at radius 2 is 2.11 bits per heavy atom. The van der Waals surface area contributed by atoms with Crippen LogP contribution in [0.4, 0.5) is 4.39 Å². The number of aliphatic hydroxyl groups is 2. The van der Waals surface area contributed by atoms with E-state index in [1.807, 2.05) is 6.92 Å². The Morgan fingerprint density at radius 3 is 2.75 bits per heavy atom. The van der Waals surface area contributed by atoms with Crippen LogP contribution in [0.2, 0.25) is 0 Å². The van der Waals surface area contributed by atoms with Crippen molar-refractivity contribution in [3.05, 3.63) is 24.0 Å². The molecule has 5 nitrogen and oxygen atoms in total. The smallest absolute Gasteiger partial charge is 0.303 e. The summed E-state index contributed by atoms with van der Waals surface area (Å²) >= 11 is 0. The van der Waals surface area contributed by atoms with Gasteiger partial charge in [-0.15, -0.1) is 0 Å². The molecule has 1 saturated heterocycles. The van der Waals surface area contributed by atoms with E-state index in [-0.39, 0.29) is 59.7 Å². The van der Waals surface area contributed by atoms with Crippen molar-refractivity contribution < 1.29 is 29.2 Å². The van der Waals surface area contributed by atoms with Gasteiger partial charge >= 0.3 is 5.97 Å². The number of alkyl halides is 1. The third kappa shape index (κ3) is 6.84. The van der Waals surface area contributed by atoms with Crippen LogP contribution in [-0.2, 0) is 9.53 Å². The fraction of sp³-hybridized carbons (Fsp3) is 0.762. The van der Waals surface area contributed by atoms with Gasteiger partial charge in [0.25, 0.3) is 0 Å². The number of hydrogen-bond acceptors (Lipinski definition) is 4. The molecule has 2 rings (SSSR count). The average Bonchev–Trinajstić information content (AvgIpc) is 3.09. The van der Waals surface area contributed by atoms with Gasteiger partial charge in [-0.25, -0.2) is 4.39 Å². The summed E-state index contributed by atoms with van der Waals surface area (Å²) in [6.07, 6.45) is 6.51. The van der Waals surface area contributed by atoms with E-state index in [2.05, 4.69) is 6.92 Å². The molecule has 0 bridgehead atoms. The first-order valence-electron chi connectivity index (χ1n) is 10.1. The molecule has 155 valence electrons. The number of unbranched alkanes of at least 4 members (excludes halogenated alkanes) is 2. The molecule has 1 radical (unpaired) electrons. The van der Waals surface area contributed by atoms with E-state index in [1.165, 1.54) is 0 Å². The van der Waals surface area contributed by atoms with Crippen LogP contribution < -0.4 is 0 Å². The number of fused-ring (bicyclic) bond motifs is 1. The molecule has 0 aromatic carbocycles. The van der Waals surface area contributed by atoms with Gasteiger partial charge in [-0.2, -0.15) is 0 Å². The predicted octanol–water partition coefficient (Wildman–Crippen LogP) is 3.22. The summed E-state index contributed by atoms with van der Waals surface area (Å²) in [5, 5.41) is 29.2. The summed E-state index contributed by atoms with van der Waals surface area (Å²) in [5.74, 6) is -1.32. The van der Waals surface area contributed by atoms with Crippen LogP contribution >= 0.6 is 0 Å². The van der Waals surface area contributed by atoms with E-state index in [9.17, 15) is 19.4 Å². The van der Waals surface area contributed by atoms with Gasteiger partial charge in [0.15, 0.2) is 6.17 Å². The fourth-order valence-corrected chi connectivity index (χ4v) is 4.04. The zero-order valence-electron chi connectivity index (χ0n) is 17.3. The Hall–Kier alpha value is -0.400. The summed E-state index contributed by atoms with van der Waals surface area (Å²) < 4.78 is 20.6. The molecule has 0 amide bonds. The van der Waals surface area contributed by atoms with Gasteiger partial charge in [-0.3, -0.25) is 4.79 Å². The molecule has 7 heteroatoms. The molecule has 2 fully saturated rings. The second-order valence-electron chi connectivity index (χ2n) is 7.90. The van der Waals surface area contributed by atoms with Crippen molar-refractivity contribution in [2.45, 2.75) is 83.3 Å². The monoisotopic (exact) mass is 407 g/mol. The molecule has 7 atom stereocenters. The Balaban J connectivity index is 0.00000392. The van der Waals surface area contributed by atoms with Crippen molar-refractivity contribution in [3.8, 4) is 0 Å². The number of hydrogen-bond donors (Lipinski definition) is 3. The van der Waals surface area contributed by atoms with Crippen LogP contribution in [0.15, 0.2) is 24.0 Å². The number of rotatable bonds is 10. The molecule has 0 aromatic heterocycles. The Bertz CT molecular complexity index is 553. The topological polar surface area (TPSA) is 87.0 Å². The van der Waals surface area contributed by atoms with E-state index in [4.69, 9.17) is 9.84 Å². The molecule has 0 aromatic rings. The number of aliphatic carboxylic acids is 1. The van der Waals surface area contributed by atoms with E-state index >= 15 is 0 Å². The van der Waals surface area contributed by atoms with Gasteiger partial charge in [-0.1, -0.05) is 38.8 Å². The van der Waals surface area contributed by atoms with Gasteiger partial charge in [0.2, 0.25) is 0 Å². The van der Waals surface area contributed by atoms with Crippen molar-refractivity contribution in [2.24, 2.45) is 17.8 Å². The quantitative estimate of drug-likeness (QED) is 0.294. The molecule has 2 aliphatic rings. The van der Waals surface area contributed by atoms with E-state index in [1.54, 1.807) is 18.2 Å². The summed E-state index contributed by atoms with van der Waals surface area (Å²) in [6.45, 7) is 4.10. The Kier molecular flexibility index (Phi) is 11.3. The minimum absolute atomic E-state index is 0. The number of carboxylic acid groups (broad SMARTS) is 1. The zero-order valence-corrected chi connectivity index (χ0v) is 19.3. The van der Waals surface area contributed by atoms with E-state index in [0.29, 0.717) is 19.3 Å². The molecule has 2 unspecified atom stereocenters. The van der Waals surface area contributed by atoms with Crippen molar-refractivity contribution in [2.75, 3.05) is 0 Å². The molecule has 1 aliphatic heterocycles. The predicted molar refractivity (Wildman–Crippen MR) is 107 cm³/mol. The van der Waals surface area contributed by atoms with Crippen LogP contribution in [0, 0.1) is 17.8 Å². The number of aliphatic hydroxyl groups excluding tert-OH is 2. The standard InChI is InChI=1S/C21H33FO5.Na/c1-3-4-7-13(2)15(23)11-10-14-16(24)12-18-20(14)21(22)17(27-18)8-5-6-9-19(25)26;/h8,10-11,13-16,18,20-21,23-24H,3-7,9,12H2,1-2H3,(H,25,26);/t13?,14-,15-,16+,18-,20+,21?;/m0./s1. The van der Waals surface area contributed by atoms with Crippen LogP contribution in [-0.4, -0.2) is 75.3 Å². The molecule has 3 N–H and O–H groups in total. The minimum Gasteiger partial charge on any atom is -0.491 e. The fourth-order valence-electron chi connectivity index (χ4n) is 4.04. The third-order valence-corrected chi connectivity index (χ3v) is 5.76. The van der Waals surface area contributed by atoms with Gasteiger partial charge in [-0.05, 0) is 31.3 Å². The maximum absolute atomic E-state index is 14.9. The summed E-state index contributed by atoms with van der Waals surface area (Å²) in [4.78, 5) is 10.5. The average molecular weight is 407 g/mol. The van der Waals surface area contributed by atoms with Gasteiger partial charge in [0.1, 0.15) is 11.9 Å². The largest absolute Gasteiger partial charge is 0.491 e. The number of halogens is 1. The SMILES string of the molecule is CCCCC(C)[C@@H](O)C=C[C@@H]1[C@H]2C(F)C(=CCCCC(=O)O)O[C@H]2C[C@H]1O.[Na]. The van der Waals surface area contributed by atoms with E-state index in [0.717, 1.165) is 19.3 Å². The van der Waals surface area contributed by atoms with Crippen molar-refractivity contribution in [1.82, 2.24) is 0 Å². The molecule has 1 aliphatic carbocycles. The van der Waals surface area contributed by atoms with Crippen LogP contribution in [0.25, 0.3) is 0 Å². The number of carbonyl (C=O) groups is 1. The molecular weight excluding hydrogens is 374 g/mol. The molecule has 1 heterocycles. The Labute approximate surface area is 189 Å². The number of ether oxygens (including phenoxy) is 1. The maximum atomic E-state index is 14.9. The normalized spacial score (nSPS) is 32.8. The van der Waals surface area contributed by atoms with Crippen molar-refractivity contribution >= 4 is 35.5 Å². The Morgan fingerprint density at radius 1 is 1.39 bits per heavy atom. The minimum atomic E-state index is -1.30. The summed E-state index contributed by atoms with van der Waals surface area (Å²) in [5.41, 5.74) is 0. The van der Waals surface area contributed by atoms with Crippen molar-refractivity contribution in [1.29, 1.82) is 0 Å². The van der Waals surface area contributed by atoms with Gasteiger partial charge < -0.3 is 20.1 Å². The van der Waals surface area contributed by atoms with Crippen LogP contribution in [0.3, 0.4) is 0 Å². The van der Waals surface area contributed by atoms with Gasteiger partial charge in [0, 0.05) is 54.2 Å². The van der Waals surface area contributed by atoms with Gasteiger partial charge in [0.05, 0.1) is 12.2 Å². The first kappa shape index (κ1) is 25.6. The zero-order chi connectivity index (χ0) is 20.0. The number of allylic oxidation sites excluding steroid dienone is 2. The van der Waals surface area contributed by atoms with Crippen LogP contribution in [0.1, 0.15) is 58.8 Å². The molecule has 28 heavy (non-hydrogen) atoms. The first-order chi connectivity index (χ1) is 12.8. The first-order valence-corrected chi connectivity index (χ1v) is 10.1. The van der Waals surface area contributed by atoms with Crippen LogP contribution in [0.5, 0.6) is 0 Å². The molecule has 1 saturated carbocycles. The molecular formula is C21H33FNaO5. The summed E-state index contributed by atoms with van der Waals surface area (Å²) in [6, 6.07) is 0. The second-order valence-corrected chi connectivity index (χ2v) is 7.90. The van der Waals surface area contributed by atoms with E-state index < -0.39 is 30.3 Å². The third-order valence-electron chi connectivity index (χ3n) is 5.76.